The van der Waals surface area contributed by atoms with Gasteiger partial charge in [-0.15, -0.1) is 0 Å². The number of carbonyl (C=O) groups excluding carboxylic acids is 1. The van der Waals surface area contributed by atoms with Gasteiger partial charge in [-0.2, -0.15) is 0 Å². The lowest BCUT2D eigenvalue weighted by Crippen LogP contribution is -2.29. The summed E-state index contributed by atoms with van der Waals surface area (Å²) in [6, 6.07) is 7.54. The standard InChI is InChI=1S/C20H30N2O2/c1-3-16(2)24-19-11-9-18(10-12-19)22-20(23)15-21-14-13-17-7-5-4-6-8-17/h7,9-12,16,21H,3-6,8,13-15H2,1-2H3,(H,22,23). The monoisotopic (exact) mass is 330 g/mol. The second kappa shape index (κ2) is 10.1. The number of nitrogens with one attached hydrogen (secondary N) is 2. The molecular weight excluding hydrogens is 300 g/mol. The molecule has 0 saturated heterocycles. The van der Waals surface area contributed by atoms with E-state index in [4.69, 9.17) is 4.74 Å². The summed E-state index contributed by atoms with van der Waals surface area (Å²) in [5.41, 5.74) is 2.33. The van der Waals surface area contributed by atoms with Crippen LogP contribution in [0.2, 0.25) is 0 Å². The highest BCUT2D eigenvalue weighted by atomic mass is 16.5. The van der Waals surface area contributed by atoms with E-state index in [9.17, 15) is 4.79 Å². The van der Waals surface area contributed by atoms with Gasteiger partial charge in [0.2, 0.25) is 5.91 Å². The highest BCUT2D eigenvalue weighted by molar-refractivity contribution is 5.92. The van der Waals surface area contributed by atoms with Crippen LogP contribution in [-0.2, 0) is 4.79 Å². The Morgan fingerprint density at radius 3 is 2.71 bits per heavy atom. The van der Waals surface area contributed by atoms with Crippen LogP contribution in [0.3, 0.4) is 0 Å². The molecule has 2 N–H and O–H groups in total. The first kappa shape index (κ1) is 18.5. The number of hydrogen-bond donors (Lipinski definition) is 2. The normalized spacial score (nSPS) is 15.5. The minimum absolute atomic E-state index is 0.0109. The van der Waals surface area contributed by atoms with Crippen molar-refractivity contribution in [3.8, 4) is 5.75 Å². The van der Waals surface area contributed by atoms with E-state index in [2.05, 4.69) is 23.6 Å². The predicted molar refractivity (Wildman–Crippen MR) is 99.5 cm³/mol. The van der Waals surface area contributed by atoms with Gasteiger partial charge < -0.3 is 15.4 Å². The molecule has 1 aromatic rings. The Morgan fingerprint density at radius 2 is 2.04 bits per heavy atom. The average Bonchev–Trinajstić information content (AvgIpc) is 2.61. The SMILES string of the molecule is CCC(C)Oc1ccc(NC(=O)CNCCC2=CCCCC2)cc1. The molecule has 1 amide bonds. The first-order valence-electron chi connectivity index (χ1n) is 9.12. The molecule has 1 aliphatic rings. The van der Waals surface area contributed by atoms with Crippen LogP contribution in [0.1, 0.15) is 52.4 Å². The predicted octanol–water partition coefficient (Wildman–Crippen LogP) is 4.28. The van der Waals surface area contributed by atoms with Crippen molar-refractivity contribution in [2.24, 2.45) is 0 Å². The van der Waals surface area contributed by atoms with Crippen LogP contribution in [-0.4, -0.2) is 25.1 Å². The molecule has 2 rings (SSSR count). The van der Waals surface area contributed by atoms with Gasteiger partial charge in [0.1, 0.15) is 5.75 Å². The summed E-state index contributed by atoms with van der Waals surface area (Å²) in [5, 5.41) is 6.12. The molecule has 0 spiro atoms. The van der Waals surface area contributed by atoms with E-state index in [-0.39, 0.29) is 12.0 Å². The molecule has 4 nitrogen and oxygen atoms in total. The molecule has 132 valence electrons. The van der Waals surface area contributed by atoms with Crippen molar-refractivity contribution in [2.45, 2.75) is 58.5 Å². The van der Waals surface area contributed by atoms with E-state index < -0.39 is 0 Å². The van der Waals surface area contributed by atoms with Crippen LogP contribution in [0.5, 0.6) is 5.75 Å². The molecule has 1 aromatic carbocycles. The van der Waals surface area contributed by atoms with Gasteiger partial charge in [-0.25, -0.2) is 0 Å². The number of allylic oxidation sites excluding steroid dienone is 1. The number of amides is 1. The Labute approximate surface area is 145 Å². The molecule has 1 atom stereocenters. The summed E-state index contributed by atoms with van der Waals surface area (Å²) in [4.78, 5) is 12.0. The minimum Gasteiger partial charge on any atom is -0.491 e. The first-order chi connectivity index (χ1) is 11.7. The molecule has 0 aromatic heterocycles. The summed E-state index contributed by atoms with van der Waals surface area (Å²) >= 11 is 0. The van der Waals surface area contributed by atoms with E-state index in [1.54, 1.807) is 0 Å². The number of benzene rings is 1. The van der Waals surface area contributed by atoms with Gasteiger partial charge >= 0.3 is 0 Å². The molecule has 4 heteroatoms. The number of ether oxygens (including phenoxy) is 1. The van der Waals surface area contributed by atoms with Crippen molar-refractivity contribution < 1.29 is 9.53 Å². The summed E-state index contributed by atoms with van der Waals surface area (Å²) in [6.45, 7) is 5.35. The summed E-state index contributed by atoms with van der Waals surface area (Å²) < 4.78 is 5.73. The van der Waals surface area contributed by atoms with Crippen molar-refractivity contribution in [1.29, 1.82) is 0 Å². The Hall–Kier alpha value is -1.81. The van der Waals surface area contributed by atoms with Crippen LogP contribution in [0.25, 0.3) is 0 Å². The Balaban J connectivity index is 1.65. The van der Waals surface area contributed by atoms with Crippen molar-refractivity contribution in [3.63, 3.8) is 0 Å². The van der Waals surface area contributed by atoms with Crippen LogP contribution >= 0.6 is 0 Å². The van der Waals surface area contributed by atoms with Crippen LogP contribution in [0, 0.1) is 0 Å². The smallest absolute Gasteiger partial charge is 0.238 e. The number of hydrogen-bond acceptors (Lipinski definition) is 3. The molecule has 0 heterocycles. The minimum atomic E-state index is -0.0109. The highest BCUT2D eigenvalue weighted by Crippen LogP contribution is 2.19. The molecular formula is C20H30N2O2. The molecule has 0 aliphatic heterocycles. The van der Waals surface area contributed by atoms with Gasteiger partial charge in [0, 0.05) is 5.69 Å². The second-order valence-corrected chi connectivity index (χ2v) is 6.44. The van der Waals surface area contributed by atoms with Gasteiger partial charge in [0.05, 0.1) is 12.6 Å². The highest BCUT2D eigenvalue weighted by Gasteiger charge is 2.06. The first-order valence-corrected chi connectivity index (χ1v) is 9.12. The lowest BCUT2D eigenvalue weighted by atomic mass is 9.97. The molecule has 1 unspecified atom stereocenters. The third kappa shape index (κ3) is 6.75. The molecule has 0 radical (unpaired) electrons. The fraction of sp³-hybridized carbons (Fsp3) is 0.550. The van der Waals surface area contributed by atoms with Gasteiger partial charge in [-0.05, 0) is 76.3 Å². The lowest BCUT2D eigenvalue weighted by molar-refractivity contribution is -0.115. The van der Waals surface area contributed by atoms with Crippen molar-refractivity contribution >= 4 is 11.6 Å². The third-order valence-corrected chi connectivity index (χ3v) is 4.34. The fourth-order valence-corrected chi connectivity index (χ4v) is 2.72. The fourth-order valence-electron chi connectivity index (χ4n) is 2.72. The van der Waals surface area contributed by atoms with E-state index in [1.165, 1.54) is 31.3 Å². The zero-order valence-corrected chi connectivity index (χ0v) is 14.9. The lowest BCUT2D eigenvalue weighted by Gasteiger charge is -2.14. The van der Waals surface area contributed by atoms with E-state index in [0.29, 0.717) is 6.54 Å². The zero-order chi connectivity index (χ0) is 17.2. The zero-order valence-electron chi connectivity index (χ0n) is 14.9. The van der Waals surface area contributed by atoms with Crippen molar-refractivity contribution in [1.82, 2.24) is 5.32 Å². The summed E-state index contributed by atoms with van der Waals surface area (Å²) in [5.74, 6) is 0.824. The Bertz CT molecular complexity index is 537. The second-order valence-electron chi connectivity index (χ2n) is 6.44. The van der Waals surface area contributed by atoms with Crippen LogP contribution in [0.15, 0.2) is 35.9 Å². The summed E-state index contributed by atoms with van der Waals surface area (Å²) in [6.07, 6.45) is 9.65. The van der Waals surface area contributed by atoms with Crippen LogP contribution < -0.4 is 15.4 Å². The van der Waals surface area contributed by atoms with Gasteiger partial charge in [0.15, 0.2) is 0 Å². The number of rotatable bonds is 9. The molecule has 0 bridgehead atoms. The van der Waals surface area contributed by atoms with Crippen LogP contribution in [0.4, 0.5) is 5.69 Å². The van der Waals surface area contributed by atoms with Crippen molar-refractivity contribution in [2.75, 3.05) is 18.4 Å². The van der Waals surface area contributed by atoms with Gasteiger partial charge in [-0.1, -0.05) is 18.6 Å². The number of carbonyl (C=O) groups is 1. The maximum Gasteiger partial charge on any atom is 0.238 e. The quantitative estimate of drug-likeness (QED) is 0.525. The van der Waals surface area contributed by atoms with E-state index >= 15 is 0 Å². The molecule has 0 fully saturated rings. The largest absolute Gasteiger partial charge is 0.491 e. The molecule has 1 aliphatic carbocycles. The molecule has 0 saturated carbocycles. The van der Waals surface area contributed by atoms with E-state index in [1.807, 2.05) is 31.2 Å². The van der Waals surface area contributed by atoms with Gasteiger partial charge in [0.25, 0.3) is 0 Å². The molecule has 24 heavy (non-hydrogen) atoms. The third-order valence-electron chi connectivity index (χ3n) is 4.34. The topological polar surface area (TPSA) is 50.4 Å². The maximum absolute atomic E-state index is 12.0. The maximum atomic E-state index is 12.0. The van der Waals surface area contributed by atoms with Crippen molar-refractivity contribution in [3.05, 3.63) is 35.9 Å². The van der Waals surface area contributed by atoms with E-state index in [0.717, 1.165) is 30.8 Å². The van der Waals surface area contributed by atoms with Gasteiger partial charge in [-0.3, -0.25) is 4.79 Å². The Morgan fingerprint density at radius 1 is 1.25 bits per heavy atom. The average molecular weight is 330 g/mol. The Kier molecular flexibility index (Phi) is 7.83. The summed E-state index contributed by atoms with van der Waals surface area (Å²) in [7, 11) is 0. The number of anilines is 1.